The van der Waals surface area contributed by atoms with E-state index >= 15 is 0 Å². The fourth-order valence-electron chi connectivity index (χ4n) is 2.28. The lowest BCUT2D eigenvalue weighted by Crippen LogP contribution is -2.46. The number of hydrogen-bond donors (Lipinski definition) is 2. The van der Waals surface area contributed by atoms with Crippen LogP contribution in [0.4, 0.5) is 0 Å². The Hall–Kier alpha value is -2.04. The van der Waals surface area contributed by atoms with E-state index in [1.165, 1.54) is 24.3 Å². The molecular weight excluding hydrogens is 344 g/mol. The molecule has 0 heterocycles. The van der Waals surface area contributed by atoms with Crippen LogP contribution < -0.4 is 5.73 Å². The summed E-state index contributed by atoms with van der Waals surface area (Å²) in [5.41, 5.74) is 5.59. The second kappa shape index (κ2) is 5.87. The molecule has 0 fully saturated rings. The summed E-state index contributed by atoms with van der Waals surface area (Å²) in [6.07, 6.45) is 0. The molecular formula is C13H12N2O6S2. The van der Waals surface area contributed by atoms with E-state index in [4.69, 9.17) is 10.3 Å². The van der Waals surface area contributed by atoms with E-state index in [9.17, 15) is 22.8 Å². The fraction of sp³-hybridized carbons (Fsp3) is 0.231. The van der Waals surface area contributed by atoms with Gasteiger partial charge in [0.15, 0.2) is 21.5 Å². The molecule has 0 spiro atoms. The van der Waals surface area contributed by atoms with Gasteiger partial charge in [-0.2, -0.15) is 13.4 Å². The van der Waals surface area contributed by atoms with Crippen molar-refractivity contribution in [2.75, 3.05) is 5.75 Å². The number of carbonyl (C=O) groups is 3. The molecule has 1 aliphatic carbocycles. The van der Waals surface area contributed by atoms with Gasteiger partial charge in [-0.15, -0.1) is 0 Å². The number of hydrogen-bond acceptors (Lipinski definition) is 6. The van der Waals surface area contributed by atoms with Crippen molar-refractivity contribution in [2.45, 2.75) is 11.7 Å². The van der Waals surface area contributed by atoms with Crippen LogP contribution >= 0.6 is 11.8 Å². The Balaban J connectivity index is 2.59. The van der Waals surface area contributed by atoms with Crippen molar-refractivity contribution in [3.05, 3.63) is 35.4 Å². The Bertz CT molecular complexity index is 809. The number of aliphatic imine (C=N–C) groups is 1. The van der Waals surface area contributed by atoms with Crippen LogP contribution in [0, 0.1) is 0 Å². The predicted octanol–water partition coefficient (Wildman–Crippen LogP) is 0.287. The van der Waals surface area contributed by atoms with Gasteiger partial charge in [0.1, 0.15) is 5.75 Å². The summed E-state index contributed by atoms with van der Waals surface area (Å²) in [6, 6.07) is 5.79. The number of benzene rings is 1. The van der Waals surface area contributed by atoms with Gasteiger partial charge in [-0.25, -0.2) is 0 Å². The average molecular weight is 356 g/mol. The minimum atomic E-state index is -4.68. The van der Waals surface area contributed by atoms with Gasteiger partial charge in [-0.3, -0.25) is 18.9 Å². The number of rotatable bonds is 3. The van der Waals surface area contributed by atoms with Gasteiger partial charge in [-0.1, -0.05) is 36.0 Å². The van der Waals surface area contributed by atoms with Gasteiger partial charge < -0.3 is 5.73 Å². The first-order valence-corrected chi connectivity index (χ1v) is 8.67. The standard InChI is InChI=1S/C13H12N2O6S2/c1-7(16)15-12(14)22-13(6-23(19,20)21)10(17)8-4-2-3-5-9(8)11(13)18/h2-5H,6H2,1H3,(H2,14,15,16)(H,19,20,21). The van der Waals surface area contributed by atoms with Gasteiger partial charge in [0, 0.05) is 18.1 Å². The van der Waals surface area contributed by atoms with Crippen LogP contribution in [-0.4, -0.2) is 46.1 Å². The lowest BCUT2D eigenvalue weighted by molar-refractivity contribution is -0.115. The molecule has 23 heavy (non-hydrogen) atoms. The van der Waals surface area contributed by atoms with E-state index < -0.39 is 43.3 Å². The van der Waals surface area contributed by atoms with Crippen molar-refractivity contribution < 1.29 is 27.4 Å². The fourth-order valence-corrected chi connectivity index (χ4v) is 4.68. The maximum absolute atomic E-state index is 12.6. The molecule has 1 aromatic carbocycles. The Morgan fingerprint density at radius 2 is 1.74 bits per heavy atom. The molecule has 0 bridgehead atoms. The zero-order valence-electron chi connectivity index (χ0n) is 11.8. The van der Waals surface area contributed by atoms with Gasteiger partial charge in [-0.05, 0) is 0 Å². The Labute approximate surface area is 135 Å². The minimum absolute atomic E-state index is 0.0317. The lowest BCUT2D eigenvalue weighted by Gasteiger charge is -2.22. The quantitative estimate of drug-likeness (QED) is 0.340. The first-order valence-electron chi connectivity index (χ1n) is 6.24. The van der Waals surface area contributed by atoms with Crippen molar-refractivity contribution in [3.8, 4) is 0 Å². The molecule has 0 aromatic heterocycles. The van der Waals surface area contributed by atoms with E-state index in [1.807, 2.05) is 0 Å². The molecule has 1 aromatic rings. The van der Waals surface area contributed by atoms with Gasteiger partial charge in [0.2, 0.25) is 5.91 Å². The molecule has 3 N–H and O–H groups in total. The zero-order chi connectivity index (χ0) is 17.4. The van der Waals surface area contributed by atoms with Crippen LogP contribution in [0.5, 0.6) is 0 Å². The molecule has 0 radical (unpaired) electrons. The Morgan fingerprint density at radius 1 is 1.26 bits per heavy atom. The smallest absolute Gasteiger partial charge is 0.267 e. The van der Waals surface area contributed by atoms with Gasteiger partial charge >= 0.3 is 0 Å². The predicted molar refractivity (Wildman–Crippen MR) is 84.1 cm³/mol. The summed E-state index contributed by atoms with van der Waals surface area (Å²) in [6.45, 7) is 1.11. The lowest BCUT2D eigenvalue weighted by atomic mass is 10.1. The number of amidine groups is 1. The van der Waals surface area contributed by atoms with Crippen LogP contribution in [0.1, 0.15) is 27.6 Å². The van der Waals surface area contributed by atoms with Gasteiger partial charge in [0.05, 0.1) is 0 Å². The molecule has 122 valence electrons. The summed E-state index contributed by atoms with van der Waals surface area (Å²) < 4.78 is 29.6. The van der Waals surface area contributed by atoms with E-state index in [0.717, 1.165) is 6.92 Å². The van der Waals surface area contributed by atoms with Crippen molar-refractivity contribution in [1.29, 1.82) is 0 Å². The number of nitrogens with two attached hydrogens (primary N) is 1. The highest BCUT2D eigenvalue weighted by atomic mass is 32.2. The van der Waals surface area contributed by atoms with Crippen molar-refractivity contribution >= 4 is 44.5 Å². The molecule has 1 aliphatic rings. The van der Waals surface area contributed by atoms with Gasteiger partial charge in [0.25, 0.3) is 10.1 Å². The van der Waals surface area contributed by atoms with Crippen molar-refractivity contribution in [1.82, 2.24) is 0 Å². The highest BCUT2D eigenvalue weighted by Gasteiger charge is 2.56. The van der Waals surface area contributed by atoms with Crippen LogP contribution in [0.15, 0.2) is 29.3 Å². The molecule has 10 heteroatoms. The topological polar surface area (TPSA) is 144 Å². The summed E-state index contributed by atoms with van der Waals surface area (Å²) >= 11 is 0.351. The second-order valence-corrected chi connectivity index (χ2v) is 7.60. The SMILES string of the molecule is CC(=O)N=C(N)SC1(CS(=O)(=O)O)C(=O)c2ccccc2C1=O. The molecule has 2 rings (SSSR count). The molecule has 8 nitrogen and oxygen atoms in total. The third kappa shape index (κ3) is 3.33. The molecule has 0 aliphatic heterocycles. The third-order valence-corrected chi connectivity index (χ3v) is 5.23. The molecule has 1 amide bonds. The monoisotopic (exact) mass is 356 g/mol. The first kappa shape index (κ1) is 17.3. The highest BCUT2D eigenvalue weighted by Crippen LogP contribution is 2.41. The highest BCUT2D eigenvalue weighted by molar-refractivity contribution is 8.16. The van der Waals surface area contributed by atoms with Crippen molar-refractivity contribution in [2.24, 2.45) is 10.7 Å². The Kier molecular flexibility index (Phi) is 4.42. The number of amides is 1. The average Bonchev–Trinajstić information content (AvgIpc) is 2.59. The third-order valence-electron chi connectivity index (χ3n) is 3.08. The van der Waals surface area contributed by atoms with E-state index in [1.54, 1.807) is 0 Å². The van der Waals surface area contributed by atoms with Crippen LogP contribution in [0.3, 0.4) is 0 Å². The summed E-state index contributed by atoms with van der Waals surface area (Å²) in [7, 11) is -4.68. The molecule has 0 saturated heterocycles. The minimum Gasteiger partial charge on any atom is -0.378 e. The number of fused-ring (bicyclic) bond motifs is 1. The van der Waals surface area contributed by atoms with E-state index in [-0.39, 0.29) is 11.1 Å². The largest absolute Gasteiger partial charge is 0.378 e. The summed E-state index contributed by atoms with van der Waals surface area (Å²) in [4.78, 5) is 39.6. The zero-order valence-corrected chi connectivity index (χ0v) is 13.5. The number of Topliss-reactive ketones (excluding diaryl/α,β-unsaturated/α-hetero) is 2. The first-order chi connectivity index (χ1) is 10.6. The van der Waals surface area contributed by atoms with Crippen LogP contribution in [0.25, 0.3) is 0 Å². The maximum atomic E-state index is 12.6. The summed E-state index contributed by atoms with van der Waals surface area (Å²) in [5, 5.41) is -0.435. The second-order valence-electron chi connectivity index (χ2n) is 4.83. The number of carbonyl (C=O) groups excluding carboxylic acids is 3. The number of nitrogens with zero attached hydrogens (tertiary/aromatic N) is 1. The summed E-state index contributed by atoms with van der Waals surface area (Å²) in [5.74, 6) is -3.44. The molecule has 0 saturated carbocycles. The number of thioether (sulfide) groups is 1. The molecule has 0 atom stereocenters. The maximum Gasteiger partial charge on any atom is 0.267 e. The van der Waals surface area contributed by atoms with Crippen LogP contribution in [0.2, 0.25) is 0 Å². The Morgan fingerprint density at radius 3 is 2.13 bits per heavy atom. The van der Waals surface area contributed by atoms with E-state index in [0.29, 0.717) is 11.8 Å². The van der Waals surface area contributed by atoms with E-state index in [2.05, 4.69) is 4.99 Å². The van der Waals surface area contributed by atoms with Crippen molar-refractivity contribution in [3.63, 3.8) is 0 Å². The molecule has 0 unspecified atom stereocenters. The van der Waals surface area contributed by atoms with Crippen LogP contribution in [-0.2, 0) is 14.9 Å². The number of ketones is 2. The normalized spacial score (nSPS) is 17.2.